The molecule has 6 nitrogen and oxygen atoms in total. The molecule has 16 heavy (non-hydrogen) atoms. The van der Waals surface area contributed by atoms with Gasteiger partial charge in [-0.25, -0.2) is 4.79 Å². The highest BCUT2D eigenvalue weighted by atomic mass is 16.4. The molecule has 0 aliphatic heterocycles. The van der Waals surface area contributed by atoms with Crippen molar-refractivity contribution < 1.29 is 9.90 Å². The van der Waals surface area contributed by atoms with Gasteiger partial charge < -0.3 is 10.5 Å². The van der Waals surface area contributed by atoms with Crippen molar-refractivity contribution in [1.82, 2.24) is 0 Å². The lowest BCUT2D eigenvalue weighted by Crippen LogP contribution is -2.04. The van der Waals surface area contributed by atoms with Gasteiger partial charge in [0.1, 0.15) is 18.2 Å². The summed E-state index contributed by atoms with van der Waals surface area (Å²) in [5.41, 5.74) is -2.19. The van der Waals surface area contributed by atoms with Gasteiger partial charge in [-0.3, -0.25) is 5.87 Å². The molecule has 0 saturated carbocycles. The molecule has 6 heteroatoms. The van der Waals surface area contributed by atoms with Crippen molar-refractivity contribution in [3.8, 4) is 18.2 Å². The number of aliphatic carboxylic acids is 1. The van der Waals surface area contributed by atoms with E-state index in [-0.39, 0.29) is 11.1 Å². The maximum Gasteiger partial charge on any atom is 0.338 e. The number of carboxylic acid groups (broad SMARTS) is 1. The Hall–Kier alpha value is -3.13. The zero-order chi connectivity index (χ0) is 12.3. The zero-order valence-electron chi connectivity index (χ0n) is 7.64. The van der Waals surface area contributed by atoms with Gasteiger partial charge in [-0.15, -0.1) is 0 Å². The predicted molar refractivity (Wildman–Crippen MR) is 50.4 cm³/mol. The monoisotopic (exact) mass is 209 g/mol. The second kappa shape index (κ2) is 3.94. The Morgan fingerprint density at radius 3 is 1.88 bits per heavy atom. The van der Waals surface area contributed by atoms with Crippen LogP contribution in [-0.4, -0.2) is 16.9 Å². The summed E-state index contributed by atoms with van der Waals surface area (Å²) in [6, 6.07) is 4.63. The van der Waals surface area contributed by atoms with E-state index in [4.69, 9.17) is 26.3 Å². The molecule has 1 aliphatic rings. The van der Waals surface area contributed by atoms with Crippen LogP contribution < -0.4 is 0 Å². The van der Waals surface area contributed by atoms with Crippen LogP contribution in [0.3, 0.4) is 0 Å². The van der Waals surface area contributed by atoms with Crippen LogP contribution >= 0.6 is 0 Å². The van der Waals surface area contributed by atoms with Gasteiger partial charge >= 0.3 is 5.97 Å². The molecule has 1 rings (SSSR count). The Kier molecular flexibility index (Phi) is 2.70. The standard InChI is InChI=1S/C10HN4O2/c11-1-5-6(2-12)8(4-14)9(10(15)16)7(5)3-13/h(H,15,16)/q-1. The second-order valence-electron chi connectivity index (χ2n) is 2.63. The number of nitriles is 3. The summed E-state index contributed by atoms with van der Waals surface area (Å²) < 4.78 is 0. The van der Waals surface area contributed by atoms with Crippen LogP contribution in [0.2, 0.25) is 0 Å². The molecule has 74 valence electrons. The van der Waals surface area contributed by atoms with Gasteiger partial charge in [0.15, 0.2) is 0 Å². The Labute approximate surface area is 89.8 Å². The molecule has 0 fully saturated rings. The maximum absolute atomic E-state index is 10.8. The van der Waals surface area contributed by atoms with Crippen LogP contribution in [0.1, 0.15) is 0 Å². The molecule has 0 amide bonds. The zero-order valence-corrected chi connectivity index (χ0v) is 7.64. The minimum atomic E-state index is -1.51. The Morgan fingerprint density at radius 2 is 1.56 bits per heavy atom. The summed E-state index contributed by atoms with van der Waals surface area (Å²) in [7, 11) is 0. The van der Waals surface area contributed by atoms with Crippen LogP contribution in [0.25, 0.3) is 5.41 Å². The van der Waals surface area contributed by atoms with E-state index in [2.05, 4.69) is 0 Å². The summed E-state index contributed by atoms with van der Waals surface area (Å²) in [6.07, 6.45) is 0. The SMILES string of the molecule is N#CC1=C(C#N)C(C#N)=C(C(=O)O)C1=C=[N-]. The van der Waals surface area contributed by atoms with E-state index < -0.39 is 22.7 Å². The predicted octanol–water partition coefficient (Wildman–Crippen LogP) is 0.414. The van der Waals surface area contributed by atoms with Crippen molar-refractivity contribution in [2.45, 2.75) is 0 Å². The first-order valence-corrected chi connectivity index (χ1v) is 3.82. The number of carbonyl (C=O) groups is 1. The summed E-state index contributed by atoms with van der Waals surface area (Å²) in [4.78, 5) is 10.8. The van der Waals surface area contributed by atoms with Gasteiger partial charge in [-0.05, 0) is 0 Å². The Morgan fingerprint density at radius 1 is 1.06 bits per heavy atom. The average molecular weight is 209 g/mol. The van der Waals surface area contributed by atoms with Crippen LogP contribution in [0, 0.1) is 34.0 Å². The van der Waals surface area contributed by atoms with Gasteiger partial charge in [0.2, 0.25) is 0 Å². The third kappa shape index (κ3) is 1.27. The molecule has 1 aliphatic carbocycles. The first-order valence-electron chi connectivity index (χ1n) is 3.82. The molecule has 0 saturated heterocycles. The van der Waals surface area contributed by atoms with E-state index in [9.17, 15) is 4.79 Å². The average Bonchev–Trinajstić information content (AvgIpc) is 2.60. The minimum absolute atomic E-state index is 0.362. The first-order chi connectivity index (χ1) is 7.62. The second-order valence-corrected chi connectivity index (χ2v) is 2.63. The lowest BCUT2D eigenvalue weighted by Gasteiger charge is -1.98. The molecule has 0 radical (unpaired) electrons. The van der Waals surface area contributed by atoms with Gasteiger partial charge in [0, 0.05) is 5.57 Å². The quantitative estimate of drug-likeness (QED) is 0.624. The summed E-state index contributed by atoms with van der Waals surface area (Å²) in [6.45, 7) is 0. The van der Waals surface area contributed by atoms with Gasteiger partial charge in [-0.2, -0.15) is 15.8 Å². The summed E-state index contributed by atoms with van der Waals surface area (Å²) >= 11 is 0. The van der Waals surface area contributed by atoms with E-state index in [1.54, 1.807) is 12.1 Å². The topological polar surface area (TPSA) is 131 Å². The maximum atomic E-state index is 10.8. The number of allylic oxidation sites excluding steroid dienone is 3. The third-order valence-corrected chi connectivity index (χ3v) is 1.91. The van der Waals surface area contributed by atoms with Gasteiger partial charge in [0.25, 0.3) is 0 Å². The molecular formula is C10HN4O2-. The van der Waals surface area contributed by atoms with Crippen molar-refractivity contribution in [2.75, 3.05) is 0 Å². The number of nitrogens with zero attached hydrogens (tertiary/aromatic N) is 4. The molecule has 0 bridgehead atoms. The minimum Gasteiger partial charge on any atom is -0.763 e. The molecule has 0 aromatic carbocycles. The van der Waals surface area contributed by atoms with E-state index in [1.807, 2.05) is 0 Å². The number of rotatable bonds is 1. The fourth-order valence-electron chi connectivity index (χ4n) is 1.29. The molecule has 0 atom stereocenters. The highest BCUT2D eigenvalue weighted by Gasteiger charge is 2.32. The normalized spacial score (nSPS) is 13.9. The van der Waals surface area contributed by atoms with Crippen molar-refractivity contribution in [2.24, 2.45) is 0 Å². The number of hydrogen-bond donors (Lipinski definition) is 1. The Balaban J connectivity index is 3.76. The highest BCUT2D eigenvalue weighted by Crippen LogP contribution is 2.34. The number of hydrogen-bond acceptors (Lipinski definition) is 4. The fraction of sp³-hybridized carbons (Fsp3) is 0. The van der Waals surface area contributed by atoms with Crippen LogP contribution in [0.15, 0.2) is 27.9 Å². The molecular weight excluding hydrogens is 208 g/mol. The summed E-state index contributed by atoms with van der Waals surface area (Å²) in [5, 5.41) is 43.7. The third-order valence-electron chi connectivity index (χ3n) is 1.91. The molecule has 0 unspecified atom stereocenters. The first kappa shape index (κ1) is 10.9. The van der Waals surface area contributed by atoms with E-state index in [1.165, 1.54) is 11.9 Å². The lowest BCUT2D eigenvalue weighted by atomic mass is 10.1. The van der Waals surface area contributed by atoms with E-state index in [0.29, 0.717) is 0 Å². The smallest absolute Gasteiger partial charge is 0.338 e. The molecule has 0 aromatic heterocycles. The molecule has 0 heterocycles. The highest BCUT2D eigenvalue weighted by molar-refractivity contribution is 6.05. The molecule has 0 spiro atoms. The Bertz CT molecular complexity index is 625. The van der Waals surface area contributed by atoms with E-state index in [0.717, 1.165) is 0 Å². The summed E-state index contributed by atoms with van der Waals surface area (Å²) in [5.74, 6) is 0.0121. The van der Waals surface area contributed by atoms with Gasteiger partial charge in [0.05, 0.1) is 22.3 Å². The van der Waals surface area contributed by atoms with Gasteiger partial charge in [-0.1, -0.05) is 0 Å². The van der Waals surface area contributed by atoms with Crippen LogP contribution in [0.4, 0.5) is 0 Å². The lowest BCUT2D eigenvalue weighted by molar-refractivity contribution is -0.132. The molecule has 1 N–H and O–H groups in total. The fourth-order valence-corrected chi connectivity index (χ4v) is 1.29. The number of carboxylic acids is 1. The van der Waals surface area contributed by atoms with Crippen molar-refractivity contribution in [1.29, 1.82) is 15.8 Å². The van der Waals surface area contributed by atoms with Crippen molar-refractivity contribution >= 4 is 11.8 Å². The van der Waals surface area contributed by atoms with E-state index >= 15 is 0 Å². The van der Waals surface area contributed by atoms with Crippen LogP contribution in [-0.2, 0) is 4.79 Å². The largest absolute Gasteiger partial charge is 0.763 e. The van der Waals surface area contributed by atoms with Crippen molar-refractivity contribution in [3.05, 3.63) is 33.3 Å². The van der Waals surface area contributed by atoms with Crippen LogP contribution in [0.5, 0.6) is 0 Å². The van der Waals surface area contributed by atoms with Crippen molar-refractivity contribution in [3.63, 3.8) is 0 Å². The molecule has 0 aromatic rings.